The molecule has 2 rings (SSSR count). The van der Waals surface area contributed by atoms with Crippen LogP contribution in [0.25, 0.3) is 0 Å². The third-order valence-corrected chi connectivity index (χ3v) is 4.52. The first-order chi connectivity index (χ1) is 10.7. The zero-order valence-electron chi connectivity index (χ0n) is 13.9. The van der Waals surface area contributed by atoms with Gasteiger partial charge in [0.2, 0.25) is 5.91 Å². The van der Waals surface area contributed by atoms with E-state index in [1.54, 1.807) is 11.3 Å². The maximum Gasteiger partial charge on any atom is 0.220 e. The van der Waals surface area contributed by atoms with Crippen molar-refractivity contribution in [2.24, 2.45) is 4.99 Å². The molecule has 1 saturated carbocycles. The predicted octanol–water partition coefficient (Wildman–Crippen LogP) is 2.79. The van der Waals surface area contributed by atoms with Gasteiger partial charge < -0.3 is 16.0 Å². The Morgan fingerprint density at radius 1 is 1.39 bits per heavy atom. The summed E-state index contributed by atoms with van der Waals surface area (Å²) >= 11 is 1.74. The second-order valence-corrected chi connectivity index (χ2v) is 6.59. The van der Waals surface area contributed by atoms with Gasteiger partial charge in [-0.1, -0.05) is 0 Å². The lowest BCUT2D eigenvalue weighted by molar-refractivity contribution is -0.121. The summed E-state index contributed by atoms with van der Waals surface area (Å²) in [7, 11) is 0. The van der Waals surface area contributed by atoms with Crippen molar-refractivity contribution in [1.82, 2.24) is 16.0 Å². The number of hydrogen-bond donors (Lipinski definition) is 3. The van der Waals surface area contributed by atoms with Gasteiger partial charge >= 0.3 is 0 Å². The Balaban J connectivity index is 0.00000264. The highest BCUT2D eigenvalue weighted by molar-refractivity contribution is 14.0. The summed E-state index contributed by atoms with van der Waals surface area (Å²) in [6.45, 7) is 6.45. The van der Waals surface area contributed by atoms with Crippen LogP contribution in [-0.4, -0.2) is 31.0 Å². The van der Waals surface area contributed by atoms with Gasteiger partial charge in [-0.15, -0.1) is 35.3 Å². The van der Waals surface area contributed by atoms with E-state index in [0.717, 1.165) is 38.3 Å². The molecule has 1 aliphatic rings. The number of aryl methyl sites for hydroxylation is 1. The van der Waals surface area contributed by atoms with Gasteiger partial charge in [0.1, 0.15) is 0 Å². The van der Waals surface area contributed by atoms with Crippen molar-refractivity contribution >= 4 is 47.2 Å². The number of amides is 1. The van der Waals surface area contributed by atoms with E-state index in [0.29, 0.717) is 19.0 Å². The van der Waals surface area contributed by atoms with Gasteiger partial charge in [-0.3, -0.25) is 4.79 Å². The van der Waals surface area contributed by atoms with Crippen LogP contribution >= 0.6 is 35.3 Å². The largest absolute Gasteiger partial charge is 0.357 e. The highest BCUT2D eigenvalue weighted by Gasteiger charge is 2.22. The molecular formula is C16H27IN4OS. The number of halogens is 1. The molecule has 0 unspecified atom stereocenters. The van der Waals surface area contributed by atoms with Crippen molar-refractivity contribution in [2.75, 3.05) is 13.1 Å². The number of hydrogen-bond acceptors (Lipinski definition) is 3. The summed E-state index contributed by atoms with van der Waals surface area (Å²) in [6.07, 6.45) is 3.68. The number of guanidine groups is 1. The molecule has 5 nitrogen and oxygen atoms in total. The van der Waals surface area contributed by atoms with Crippen LogP contribution in [-0.2, 0) is 11.3 Å². The maximum absolute atomic E-state index is 11.6. The predicted molar refractivity (Wildman–Crippen MR) is 108 cm³/mol. The minimum absolute atomic E-state index is 0. The lowest BCUT2D eigenvalue weighted by atomic mass is 10.3. The third-order valence-electron chi connectivity index (χ3n) is 3.51. The van der Waals surface area contributed by atoms with Crippen LogP contribution < -0.4 is 16.0 Å². The highest BCUT2D eigenvalue weighted by Crippen LogP contribution is 2.18. The Bertz CT molecular complexity index is 514. The Morgan fingerprint density at radius 2 is 2.17 bits per heavy atom. The zero-order chi connectivity index (χ0) is 15.8. The SMILES string of the molecule is CCNC(=NCc1sccc1C)NCCCC(=O)NC1CC1.I. The van der Waals surface area contributed by atoms with Crippen LogP contribution in [0.1, 0.15) is 43.0 Å². The van der Waals surface area contributed by atoms with Crippen LogP contribution in [0.2, 0.25) is 0 Å². The van der Waals surface area contributed by atoms with E-state index in [1.807, 2.05) is 0 Å². The van der Waals surface area contributed by atoms with E-state index >= 15 is 0 Å². The highest BCUT2D eigenvalue weighted by atomic mass is 127. The molecule has 7 heteroatoms. The second-order valence-electron chi connectivity index (χ2n) is 5.59. The Morgan fingerprint density at radius 3 is 2.78 bits per heavy atom. The van der Waals surface area contributed by atoms with Crippen LogP contribution in [0.5, 0.6) is 0 Å². The van der Waals surface area contributed by atoms with Crippen LogP contribution in [0.3, 0.4) is 0 Å². The average molecular weight is 450 g/mol. The normalized spacial score (nSPS) is 14.1. The molecule has 0 aromatic carbocycles. The molecule has 1 heterocycles. The van der Waals surface area contributed by atoms with Gasteiger partial charge in [0.05, 0.1) is 6.54 Å². The fourth-order valence-electron chi connectivity index (χ4n) is 2.04. The molecule has 1 aromatic heterocycles. The number of rotatable bonds is 8. The maximum atomic E-state index is 11.6. The smallest absolute Gasteiger partial charge is 0.220 e. The van der Waals surface area contributed by atoms with E-state index in [4.69, 9.17) is 0 Å². The van der Waals surface area contributed by atoms with Crippen molar-refractivity contribution < 1.29 is 4.79 Å². The van der Waals surface area contributed by atoms with Gasteiger partial charge in [-0.25, -0.2) is 4.99 Å². The van der Waals surface area contributed by atoms with Crippen LogP contribution in [0, 0.1) is 6.92 Å². The summed E-state index contributed by atoms with van der Waals surface area (Å²) in [5.74, 6) is 0.985. The quantitative estimate of drug-likeness (QED) is 0.247. The number of thiophene rings is 1. The first-order valence-corrected chi connectivity index (χ1v) is 8.91. The van der Waals surface area contributed by atoms with Crippen molar-refractivity contribution in [3.63, 3.8) is 0 Å². The standard InChI is InChI=1S/C16H26N4OS.HI/c1-3-17-16(19-11-14-12(2)8-10-22-14)18-9-4-5-15(21)20-13-6-7-13;/h8,10,13H,3-7,9,11H2,1-2H3,(H,20,21)(H2,17,18,19);1H. The molecule has 3 N–H and O–H groups in total. The van der Waals surface area contributed by atoms with E-state index < -0.39 is 0 Å². The monoisotopic (exact) mass is 450 g/mol. The minimum Gasteiger partial charge on any atom is -0.357 e. The average Bonchev–Trinajstić information content (AvgIpc) is 3.21. The molecule has 0 radical (unpaired) electrons. The number of nitrogens with zero attached hydrogens (tertiary/aromatic N) is 1. The van der Waals surface area contributed by atoms with E-state index in [2.05, 4.69) is 46.2 Å². The molecule has 1 amide bonds. The van der Waals surface area contributed by atoms with Gasteiger partial charge in [-0.05, 0) is 50.1 Å². The molecule has 130 valence electrons. The fourth-order valence-corrected chi connectivity index (χ4v) is 2.87. The van der Waals surface area contributed by atoms with Gasteiger partial charge in [0.25, 0.3) is 0 Å². The van der Waals surface area contributed by atoms with E-state index in [1.165, 1.54) is 10.4 Å². The Labute approximate surface area is 159 Å². The minimum atomic E-state index is 0. The van der Waals surface area contributed by atoms with Crippen molar-refractivity contribution in [3.05, 3.63) is 21.9 Å². The lowest BCUT2D eigenvalue weighted by Gasteiger charge is -2.11. The number of aliphatic imine (C=N–C) groups is 1. The topological polar surface area (TPSA) is 65.5 Å². The molecule has 0 spiro atoms. The van der Waals surface area contributed by atoms with Crippen molar-refractivity contribution in [1.29, 1.82) is 0 Å². The summed E-state index contributed by atoms with van der Waals surface area (Å²) in [5, 5.41) is 11.6. The van der Waals surface area contributed by atoms with Gasteiger partial charge in [0.15, 0.2) is 5.96 Å². The zero-order valence-corrected chi connectivity index (χ0v) is 17.0. The van der Waals surface area contributed by atoms with Crippen LogP contribution in [0.4, 0.5) is 0 Å². The summed E-state index contributed by atoms with van der Waals surface area (Å²) in [5.41, 5.74) is 1.29. The van der Waals surface area contributed by atoms with E-state index in [9.17, 15) is 4.79 Å². The lowest BCUT2D eigenvalue weighted by Crippen LogP contribution is -2.38. The van der Waals surface area contributed by atoms with Gasteiger partial charge in [0, 0.05) is 30.4 Å². The summed E-state index contributed by atoms with van der Waals surface area (Å²) in [4.78, 5) is 17.5. The number of nitrogens with one attached hydrogen (secondary N) is 3. The molecule has 0 bridgehead atoms. The molecule has 0 saturated heterocycles. The first kappa shape index (κ1) is 20.2. The third kappa shape index (κ3) is 8.01. The number of carbonyl (C=O) groups excluding carboxylic acids is 1. The summed E-state index contributed by atoms with van der Waals surface area (Å²) < 4.78 is 0. The van der Waals surface area contributed by atoms with E-state index in [-0.39, 0.29) is 29.9 Å². The molecule has 1 aromatic rings. The van der Waals surface area contributed by atoms with Crippen LogP contribution in [0.15, 0.2) is 16.4 Å². The molecule has 1 fully saturated rings. The Kier molecular flexibility index (Phi) is 9.54. The number of carbonyl (C=O) groups is 1. The molecule has 23 heavy (non-hydrogen) atoms. The molecule has 0 aliphatic heterocycles. The summed E-state index contributed by atoms with van der Waals surface area (Å²) in [6, 6.07) is 2.57. The second kappa shape index (κ2) is 10.9. The molecule has 1 aliphatic carbocycles. The fraction of sp³-hybridized carbons (Fsp3) is 0.625. The van der Waals surface area contributed by atoms with Crippen molar-refractivity contribution in [3.8, 4) is 0 Å². The van der Waals surface area contributed by atoms with Gasteiger partial charge in [-0.2, -0.15) is 0 Å². The molecular weight excluding hydrogens is 423 g/mol. The first-order valence-electron chi connectivity index (χ1n) is 8.03. The van der Waals surface area contributed by atoms with Crippen molar-refractivity contribution in [2.45, 2.75) is 52.1 Å². The Hall–Kier alpha value is -0.830. The molecule has 0 atom stereocenters.